The van der Waals surface area contributed by atoms with Crippen molar-refractivity contribution >= 4 is 17.5 Å². The van der Waals surface area contributed by atoms with Gasteiger partial charge in [-0.2, -0.15) is 5.10 Å². The van der Waals surface area contributed by atoms with Crippen molar-refractivity contribution < 1.29 is 9.18 Å². The molecule has 2 aromatic carbocycles. The van der Waals surface area contributed by atoms with Gasteiger partial charge in [-0.05, 0) is 61.3 Å². The zero-order chi connectivity index (χ0) is 24.2. The monoisotopic (exact) mass is 482 g/mol. The third-order valence-corrected chi connectivity index (χ3v) is 6.35. The lowest BCUT2D eigenvalue weighted by Gasteiger charge is -2.28. The molecular weight excluding hydrogens is 451 g/mol. The SMILES string of the molecule is CCCN1CCc2c(c(CN(CC(C)C)C(=O)c3cccc(Cl)c3)nn2-c2ccc(F)cc2)C1. The molecule has 180 valence electrons. The van der Waals surface area contributed by atoms with E-state index in [0.717, 1.165) is 49.6 Å². The molecule has 1 aliphatic heterocycles. The molecule has 0 saturated carbocycles. The summed E-state index contributed by atoms with van der Waals surface area (Å²) in [5.41, 5.74) is 4.64. The van der Waals surface area contributed by atoms with Crippen LogP contribution in [0.4, 0.5) is 4.39 Å². The number of halogens is 2. The Labute approximate surface area is 206 Å². The fourth-order valence-corrected chi connectivity index (χ4v) is 4.81. The summed E-state index contributed by atoms with van der Waals surface area (Å²) in [5, 5.41) is 5.52. The lowest BCUT2D eigenvalue weighted by atomic mass is 10.0. The number of fused-ring (bicyclic) bond motifs is 1. The molecule has 0 fully saturated rings. The molecule has 2 heterocycles. The highest BCUT2D eigenvalue weighted by Crippen LogP contribution is 2.27. The van der Waals surface area contributed by atoms with Crippen molar-refractivity contribution in [2.24, 2.45) is 5.92 Å². The zero-order valence-electron chi connectivity index (χ0n) is 20.1. The van der Waals surface area contributed by atoms with Crippen LogP contribution in [0.3, 0.4) is 0 Å². The smallest absolute Gasteiger partial charge is 0.254 e. The molecule has 5 nitrogen and oxygen atoms in total. The molecule has 0 bridgehead atoms. The van der Waals surface area contributed by atoms with Crippen molar-refractivity contribution in [3.8, 4) is 5.69 Å². The minimum Gasteiger partial charge on any atom is -0.332 e. The summed E-state index contributed by atoms with van der Waals surface area (Å²) in [5.74, 6) is -0.0217. The van der Waals surface area contributed by atoms with Gasteiger partial charge < -0.3 is 4.90 Å². The molecule has 3 aromatic rings. The molecule has 1 aliphatic rings. The number of nitrogens with zero attached hydrogens (tertiary/aromatic N) is 4. The number of aromatic nitrogens is 2. The van der Waals surface area contributed by atoms with Crippen LogP contribution in [0.5, 0.6) is 0 Å². The third-order valence-electron chi connectivity index (χ3n) is 6.12. The van der Waals surface area contributed by atoms with Gasteiger partial charge in [-0.15, -0.1) is 0 Å². The van der Waals surface area contributed by atoms with E-state index in [-0.39, 0.29) is 11.7 Å². The van der Waals surface area contributed by atoms with Crippen LogP contribution in [-0.2, 0) is 19.5 Å². The highest BCUT2D eigenvalue weighted by Gasteiger charge is 2.28. The van der Waals surface area contributed by atoms with E-state index in [1.165, 1.54) is 17.7 Å². The van der Waals surface area contributed by atoms with Crippen LogP contribution in [0.15, 0.2) is 48.5 Å². The van der Waals surface area contributed by atoms with Crippen LogP contribution >= 0.6 is 11.6 Å². The van der Waals surface area contributed by atoms with Crippen LogP contribution in [0.1, 0.15) is 54.5 Å². The molecule has 0 spiro atoms. The first-order valence-electron chi connectivity index (χ1n) is 12.0. The maximum Gasteiger partial charge on any atom is 0.254 e. The summed E-state index contributed by atoms with van der Waals surface area (Å²) in [6, 6.07) is 13.5. The summed E-state index contributed by atoms with van der Waals surface area (Å²) in [4.78, 5) is 17.8. The van der Waals surface area contributed by atoms with Crippen molar-refractivity contribution in [1.29, 1.82) is 0 Å². The summed E-state index contributed by atoms with van der Waals surface area (Å²) in [6.45, 7) is 10.2. The second kappa shape index (κ2) is 10.7. The Morgan fingerprint density at radius 1 is 1.21 bits per heavy atom. The number of carbonyl (C=O) groups excluding carboxylic acids is 1. The van der Waals surface area contributed by atoms with Gasteiger partial charge in [0.15, 0.2) is 0 Å². The van der Waals surface area contributed by atoms with E-state index in [2.05, 4.69) is 25.7 Å². The Morgan fingerprint density at radius 2 is 1.97 bits per heavy atom. The van der Waals surface area contributed by atoms with E-state index in [4.69, 9.17) is 16.7 Å². The number of carbonyl (C=O) groups is 1. The van der Waals surface area contributed by atoms with E-state index in [0.29, 0.717) is 29.6 Å². The standard InChI is InChI=1S/C27H32ClFN4O/c1-4-13-31-14-12-26-24(17-31)25(30-33(26)23-10-8-22(29)9-11-23)18-32(16-19(2)3)27(34)20-6-5-7-21(28)15-20/h5-11,15,19H,4,12-14,16-18H2,1-3H3. The third kappa shape index (κ3) is 5.50. The molecule has 0 unspecified atom stereocenters. The highest BCUT2D eigenvalue weighted by molar-refractivity contribution is 6.30. The van der Waals surface area contributed by atoms with Crippen molar-refractivity contribution in [2.75, 3.05) is 19.6 Å². The lowest BCUT2D eigenvalue weighted by Crippen LogP contribution is -2.35. The second-order valence-corrected chi connectivity index (χ2v) is 9.81. The number of rotatable bonds is 8. The Hall–Kier alpha value is -2.70. The first-order valence-corrected chi connectivity index (χ1v) is 12.4. The van der Waals surface area contributed by atoms with Crippen molar-refractivity contribution in [3.05, 3.63) is 81.9 Å². The van der Waals surface area contributed by atoms with Crippen LogP contribution in [0, 0.1) is 11.7 Å². The zero-order valence-corrected chi connectivity index (χ0v) is 20.9. The molecule has 0 radical (unpaired) electrons. The van der Waals surface area contributed by atoms with Gasteiger partial charge in [0.05, 0.1) is 23.6 Å². The highest BCUT2D eigenvalue weighted by atomic mass is 35.5. The molecule has 1 amide bonds. The first kappa shape index (κ1) is 24.4. The maximum atomic E-state index is 13.6. The van der Waals surface area contributed by atoms with E-state index in [1.807, 2.05) is 9.58 Å². The quantitative estimate of drug-likeness (QED) is 0.411. The Kier molecular flexibility index (Phi) is 7.69. The molecule has 4 rings (SSSR count). The van der Waals surface area contributed by atoms with Crippen LogP contribution in [-0.4, -0.2) is 45.1 Å². The van der Waals surface area contributed by atoms with Crippen molar-refractivity contribution in [1.82, 2.24) is 19.6 Å². The van der Waals surface area contributed by atoms with E-state index in [9.17, 15) is 9.18 Å². The van der Waals surface area contributed by atoms with Gasteiger partial charge in [0, 0.05) is 42.2 Å². The first-order chi connectivity index (χ1) is 16.4. The van der Waals surface area contributed by atoms with Crippen LogP contribution in [0.25, 0.3) is 5.69 Å². The molecule has 7 heteroatoms. The van der Waals surface area contributed by atoms with Gasteiger partial charge in [-0.1, -0.05) is 38.4 Å². The Balaban J connectivity index is 1.72. The predicted molar refractivity (Wildman–Crippen MR) is 134 cm³/mol. The van der Waals surface area contributed by atoms with Gasteiger partial charge in [0.1, 0.15) is 5.82 Å². The topological polar surface area (TPSA) is 41.4 Å². The van der Waals surface area contributed by atoms with Crippen LogP contribution < -0.4 is 0 Å². The van der Waals surface area contributed by atoms with Gasteiger partial charge >= 0.3 is 0 Å². The number of amides is 1. The summed E-state index contributed by atoms with van der Waals surface area (Å²) >= 11 is 6.16. The summed E-state index contributed by atoms with van der Waals surface area (Å²) in [7, 11) is 0. The molecule has 1 aromatic heterocycles. The van der Waals surface area contributed by atoms with E-state index >= 15 is 0 Å². The van der Waals surface area contributed by atoms with Gasteiger partial charge in [-0.25, -0.2) is 9.07 Å². The molecule has 0 atom stereocenters. The molecule has 34 heavy (non-hydrogen) atoms. The fourth-order valence-electron chi connectivity index (χ4n) is 4.62. The van der Waals surface area contributed by atoms with Gasteiger partial charge in [-0.3, -0.25) is 9.69 Å². The Morgan fingerprint density at radius 3 is 2.65 bits per heavy atom. The van der Waals surface area contributed by atoms with E-state index in [1.54, 1.807) is 36.4 Å². The molecule has 0 saturated heterocycles. The predicted octanol–water partition coefficient (Wildman–Crippen LogP) is 5.73. The number of benzene rings is 2. The largest absolute Gasteiger partial charge is 0.332 e. The average molecular weight is 483 g/mol. The second-order valence-electron chi connectivity index (χ2n) is 9.38. The maximum absolute atomic E-state index is 13.6. The summed E-state index contributed by atoms with van der Waals surface area (Å²) in [6.07, 6.45) is 1.95. The van der Waals surface area contributed by atoms with Gasteiger partial charge in [0.2, 0.25) is 0 Å². The lowest BCUT2D eigenvalue weighted by molar-refractivity contribution is 0.0719. The number of hydrogen-bond acceptors (Lipinski definition) is 3. The normalized spacial score (nSPS) is 13.8. The fraction of sp³-hybridized carbons (Fsp3) is 0.407. The molecule has 0 N–H and O–H groups in total. The summed E-state index contributed by atoms with van der Waals surface area (Å²) < 4.78 is 15.5. The minimum atomic E-state index is -0.269. The molecular formula is C27H32ClFN4O. The minimum absolute atomic E-state index is 0.0532. The van der Waals surface area contributed by atoms with Crippen molar-refractivity contribution in [2.45, 2.75) is 46.7 Å². The Bertz CT molecular complexity index is 1140. The number of hydrogen-bond donors (Lipinski definition) is 0. The van der Waals surface area contributed by atoms with Gasteiger partial charge in [0.25, 0.3) is 5.91 Å². The van der Waals surface area contributed by atoms with Crippen LogP contribution in [0.2, 0.25) is 5.02 Å². The average Bonchev–Trinajstić information content (AvgIpc) is 3.16. The molecule has 0 aliphatic carbocycles. The van der Waals surface area contributed by atoms with Crippen molar-refractivity contribution in [3.63, 3.8) is 0 Å². The van der Waals surface area contributed by atoms with E-state index < -0.39 is 0 Å².